The summed E-state index contributed by atoms with van der Waals surface area (Å²) in [7, 11) is -4.49. The maximum Gasteiger partial charge on any atom is 0.588 e. The first-order valence-corrected chi connectivity index (χ1v) is 13.5. The Morgan fingerprint density at radius 3 is 1.73 bits per heavy atom. The molecule has 0 aromatic heterocycles. The summed E-state index contributed by atoms with van der Waals surface area (Å²) >= 11 is 3.30. The van der Waals surface area contributed by atoms with Crippen LogP contribution in [0.3, 0.4) is 0 Å². The Balaban J connectivity index is 1.97. The van der Waals surface area contributed by atoms with Gasteiger partial charge in [-0.1, -0.05) is 52.3 Å². The van der Waals surface area contributed by atoms with Gasteiger partial charge in [-0.25, -0.2) is 4.57 Å². The van der Waals surface area contributed by atoms with Gasteiger partial charge in [0.15, 0.2) is 12.2 Å². The highest BCUT2D eigenvalue weighted by Crippen LogP contribution is 2.53. The van der Waals surface area contributed by atoms with E-state index in [2.05, 4.69) is 15.9 Å². The van der Waals surface area contributed by atoms with Crippen LogP contribution >= 0.6 is 23.8 Å². The standard InChI is InChI=1S/C24H26BrO11P/c1-15(26)30-14-20-21(31-16(2)27)22(32-17(3)28)23(24(25)33-20)36-37(29,34-18-10-6-4-7-11-18)35-19-12-8-5-9-13-19/h4-13,20-24H,14H2,1-3H3/t20-,21-,22+,23-,24+/m1/s1. The fourth-order valence-corrected chi connectivity index (χ4v) is 5.67. The van der Waals surface area contributed by atoms with Gasteiger partial charge in [0.2, 0.25) is 0 Å². The van der Waals surface area contributed by atoms with Crippen molar-refractivity contribution in [1.82, 2.24) is 0 Å². The Morgan fingerprint density at radius 1 is 0.784 bits per heavy atom. The normalized spacial score (nSPS) is 23.4. The predicted molar refractivity (Wildman–Crippen MR) is 132 cm³/mol. The van der Waals surface area contributed by atoms with Crippen LogP contribution in [0.25, 0.3) is 0 Å². The molecule has 1 aliphatic heterocycles. The molecule has 5 atom stereocenters. The fraction of sp³-hybridized carbons (Fsp3) is 0.375. The third-order valence-electron chi connectivity index (χ3n) is 4.80. The third kappa shape index (κ3) is 8.57. The van der Waals surface area contributed by atoms with Crippen LogP contribution in [0.1, 0.15) is 20.8 Å². The van der Waals surface area contributed by atoms with Crippen molar-refractivity contribution in [1.29, 1.82) is 0 Å². The SMILES string of the molecule is CC(=O)OC[C@H]1O[C@H](Br)[C@H](OP(=O)(Oc2ccccc2)Oc2ccccc2)[C@@H](OC(C)=O)[C@@H]1OC(C)=O. The number of carbonyl (C=O) groups is 3. The van der Waals surface area contributed by atoms with Gasteiger partial charge in [0.1, 0.15) is 35.3 Å². The maximum absolute atomic E-state index is 14.0. The monoisotopic (exact) mass is 600 g/mol. The zero-order valence-corrected chi connectivity index (χ0v) is 22.7. The van der Waals surface area contributed by atoms with E-state index >= 15 is 0 Å². The largest absolute Gasteiger partial charge is 0.588 e. The molecule has 1 saturated heterocycles. The van der Waals surface area contributed by atoms with E-state index in [9.17, 15) is 18.9 Å². The van der Waals surface area contributed by atoms with Gasteiger partial charge in [-0.15, -0.1) is 0 Å². The van der Waals surface area contributed by atoms with Crippen LogP contribution in [0, 0.1) is 0 Å². The quantitative estimate of drug-likeness (QED) is 0.168. The first kappa shape index (κ1) is 28.6. The molecule has 1 aliphatic rings. The molecule has 0 unspecified atom stereocenters. The minimum absolute atomic E-state index is 0.179. The van der Waals surface area contributed by atoms with Crippen LogP contribution in [0.4, 0.5) is 0 Å². The number of phosphoric acid groups is 1. The molecular formula is C24H26BrO11P. The van der Waals surface area contributed by atoms with Crippen molar-refractivity contribution >= 4 is 41.7 Å². The number of para-hydroxylation sites is 2. The second-order valence-electron chi connectivity index (χ2n) is 7.80. The molecule has 0 saturated carbocycles. The summed E-state index contributed by atoms with van der Waals surface area (Å²) in [5, 5.41) is -1.09. The van der Waals surface area contributed by atoms with Crippen LogP contribution in [0.5, 0.6) is 11.5 Å². The van der Waals surface area contributed by atoms with Crippen LogP contribution < -0.4 is 9.05 Å². The lowest BCUT2D eigenvalue weighted by Crippen LogP contribution is -2.60. The fourth-order valence-electron chi connectivity index (χ4n) is 3.40. The number of carbonyl (C=O) groups excluding carboxylic acids is 3. The molecule has 0 amide bonds. The Labute approximate surface area is 222 Å². The predicted octanol–water partition coefficient (Wildman–Crippen LogP) is 4.18. The number of alkyl halides is 1. The molecule has 13 heteroatoms. The zero-order chi connectivity index (χ0) is 27.0. The van der Waals surface area contributed by atoms with Crippen LogP contribution in [-0.2, 0) is 42.4 Å². The summed E-state index contributed by atoms with van der Waals surface area (Å²) in [5.41, 5.74) is 0. The molecule has 2 aromatic rings. The second kappa shape index (κ2) is 13.0. The van der Waals surface area contributed by atoms with E-state index in [1.807, 2.05) is 0 Å². The minimum Gasteiger partial charge on any atom is -0.463 e. The Morgan fingerprint density at radius 2 is 1.27 bits per heavy atom. The van der Waals surface area contributed by atoms with Gasteiger partial charge < -0.3 is 28.0 Å². The van der Waals surface area contributed by atoms with Crippen LogP contribution in [0.15, 0.2) is 60.7 Å². The number of hydrogen-bond acceptors (Lipinski definition) is 11. The average Bonchev–Trinajstić information content (AvgIpc) is 2.82. The lowest BCUT2D eigenvalue weighted by molar-refractivity contribution is -0.227. The van der Waals surface area contributed by atoms with Crippen molar-refractivity contribution in [2.24, 2.45) is 0 Å². The highest BCUT2D eigenvalue weighted by atomic mass is 79.9. The molecule has 200 valence electrons. The first-order valence-electron chi connectivity index (χ1n) is 11.1. The topological polar surface area (TPSA) is 133 Å². The lowest BCUT2D eigenvalue weighted by atomic mass is 9.99. The van der Waals surface area contributed by atoms with Crippen molar-refractivity contribution in [2.45, 2.75) is 50.2 Å². The number of hydrogen-bond donors (Lipinski definition) is 0. The number of esters is 3. The van der Waals surface area contributed by atoms with Crippen molar-refractivity contribution in [3.63, 3.8) is 0 Å². The van der Waals surface area contributed by atoms with Crippen molar-refractivity contribution < 1.29 is 51.5 Å². The number of benzene rings is 2. The number of phosphoric ester groups is 1. The van der Waals surface area contributed by atoms with Crippen molar-refractivity contribution in [2.75, 3.05) is 6.61 Å². The van der Waals surface area contributed by atoms with E-state index in [1.54, 1.807) is 60.7 Å². The Hall–Kier alpha value is -2.92. The summed E-state index contributed by atoms with van der Waals surface area (Å²) in [6, 6.07) is 16.3. The molecule has 0 bridgehead atoms. The molecule has 0 spiro atoms. The summed E-state index contributed by atoms with van der Waals surface area (Å²) in [6.07, 6.45) is -5.06. The highest BCUT2D eigenvalue weighted by molar-refractivity contribution is 9.09. The molecule has 1 heterocycles. The van der Waals surface area contributed by atoms with Gasteiger partial charge in [0.25, 0.3) is 0 Å². The molecule has 0 aliphatic carbocycles. The third-order valence-corrected chi connectivity index (χ3v) is 6.91. The molecular weight excluding hydrogens is 575 g/mol. The van der Waals surface area contributed by atoms with Gasteiger partial charge >= 0.3 is 25.7 Å². The number of ether oxygens (including phenoxy) is 4. The smallest absolute Gasteiger partial charge is 0.463 e. The Kier molecular flexibility index (Phi) is 10.1. The van der Waals surface area contributed by atoms with Crippen LogP contribution in [-0.4, -0.2) is 53.9 Å². The van der Waals surface area contributed by atoms with Gasteiger partial charge in [-0.3, -0.25) is 18.9 Å². The highest BCUT2D eigenvalue weighted by Gasteiger charge is 2.53. The zero-order valence-electron chi connectivity index (χ0n) is 20.2. The summed E-state index contributed by atoms with van der Waals surface area (Å²) in [6.45, 7) is 3.16. The van der Waals surface area contributed by atoms with Crippen LogP contribution in [0.2, 0.25) is 0 Å². The van der Waals surface area contributed by atoms with E-state index in [0.717, 1.165) is 13.8 Å². The molecule has 0 N–H and O–H groups in total. The number of halogens is 1. The maximum atomic E-state index is 14.0. The molecule has 1 fully saturated rings. The van der Waals surface area contributed by atoms with Gasteiger partial charge in [-0.2, -0.15) is 0 Å². The average molecular weight is 601 g/mol. The van der Waals surface area contributed by atoms with E-state index in [0.29, 0.717) is 0 Å². The van der Waals surface area contributed by atoms with Gasteiger partial charge in [0, 0.05) is 20.8 Å². The summed E-state index contributed by atoms with van der Waals surface area (Å²) in [5.74, 6) is -1.72. The summed E-state index contributed by atoms with van der Waals surface area (Å²) in [4.78, 5) is 35.3. The molecule has 0 radical (unpaired) electrons. The second-order valence-corrected chi connectivity index (χ2v) is 10.2. The lowest BCUT2D eigenvalue weighted by Gasteiger charge is -2.43. The molecule has 3 rings (SSSR count). The van der Waals surface area contributed by atoms with Gasteiger partial charge in [-0.05, 0) is 24.3 Å². The van der Waals surface area contributed by atoms with Crippen molar-refractivity contribution in [3.05, 3.63) is 60.7 Å². The van der Waals surface area contributed by atoms with E-state index in [-0.39, 0.29) is 18.1 Å². The van der Waals surface area contributed by atoms with E-state index < -0.39 is 55.2 Å². The minimum atomic E-state index is -4.49. The van der Waals surface area contributed by atoms with Gasteiger partial charge in [0.05, 0.1) is 0 Å². The summed E-state index contributed by atoms with van der Waals surface area (Å²) < 4.78 is 52.8. The number of rotatable bonds is 10. The van der Waals surface area contributed by atoms with E-state index in [4.69, 9.17) is 32.5 Å². The molecule has 2 aromatic carbocycles. The Bertz CT molecular complexity index is 1070. The molecule has 11 nitrogen and oxygen atoms in total. The van der Waals surface area contributed by atoms with Crippen molar-refractivity contribution in [3.8, 4) is 11.5 Å². The first-order chi connectivity index (χ1) is 17.6. The molecule has 37 heavy (non-hydrogen) atoms. The van der Waals surface area contributed by atoms with E-state index in [1.165, 1.54) is 6.92 Å².